The van der Waals surface area contributed by atoms with Gasteiger partial charge in [0.15, 0.2) is 0 Å². The van der Waals surface area contributed by atoms with Crippen molar-refractivity contribution in [2.45, 2.75) is 0 Å². The molecule has 0 unspecified atom stereocenters. The Kier molecular flexibility index (Phi) is 1.30. The van der Waals surface area contributed by atoms with E-state index < -0.39 is 0 Å². The second-order valence-corrected chi connectivity index (χ2v) is 6.60. The fraction of sp³-hybridized carbons (Fsp3) is 0. The molecule has 0 saturated heterocycles. The molecule has 7 rings (SSSR count). The van der Waals surface area contributed by atoms with E-state index in [1.807, 2.05) is 0 Å². The summed E-state index contributed by atoms with van der Waals surface area (Å²) < 4.78 is 0. The minimum Gasteiger partial charge on any atom is -0.0537 e. The smallest absolute Gasteiger partial charge is 0.000204 e. The molecule has 0 aliphatic heterocycles. The lowest BCUT2D eigenvalue weighted by Crippen LogP contribution is -1.84. The van der Waals surface area contributed by atoms with Gasteiger partial charge in [0, 0.05) is 0 Å². The van der Waals surface area contributed by atoms with Gasteiger partial charge in [0.05, 0.1) is 0 Å². The summed E-state index contributed by atoms with van der Waals surface area (Å²) in [6.45, 7) is 0. The molecular formula is C22H10. The fourth-order valence-corrected chi connectivity index (χ4v) is 4.81. The van der Waals surface area contributed by atoms with E-state index in [0.29, 0.717) is 0 Å². The topological polar surface area (TPSA) is 0 Å². The highest BCUT2D eigenvalue weighted by molar-refractivity contribution is 6.44. The second kappa shape index (κ2) is 2.86. The van der Waals surface area contributed by atoms with Gasteiger partial charge in [-0.25, -0.2) is 0 Å². The maximum atomic E-state index is 2.36. The van der Waals surface area contributed by atoms with Crippen LogP contribution in [0.4, 0.5) is 0 Å². The molecule has 98 valence electrons. The van der Waals surface area contributed by atoms with Crippen LogP contribution in [0, 0.1) is 0 Å². The summed E-state index contributed by atoms with van der Waals surface area (Å²) in [5.74, 6) is 0. The van der Waals surface area contributed by atoms with E-state index >= 15 is 0 Å². The quantitative estimate of drug-likeness (QED) is 0.282. The summed E-state index contributed by atoms with van der Waals surface area (Å²) in [4.78, 5) is 0. The van der Waals surface area contributed by atoms with E-state index in [1.54, 1.807) is 0 Å². The second-order valence-electron chi connectivity index (χ2n) is 6.60. The zero-order chi connectivity index (χ0) is 14.0. The third kappa shape index (κ3) is 0.835. The van der Waals surface area contributed by atoms with Gasteiger partial charge in [-0.2, -0.15) is 0 Å². The standard InChI is InChI=1S/C22H10/c1-2-15-10-13-4-3-12-9-14-6-8-17-16-7-5-11(1)19(16)21(15)22(18(12)13)20(14)17/h1-10H. The first-order chi connectivity index (χ1) is 10.9. The van der Waals surface area contributed by atoms with Crippen molar-refractivity contribution in [3.63, 3.8) is 0 Å². The van der Waals surface area contributed by atoms with Crippen LogP contribution in [0.1, 0.15) is 0 Å². The zero-order valence-corrected chi connectivity index (χ0v) is 11.8. The van der Waals surface area contributed by atoms with Crippen LogP contribution in [0.15, 0.2) is 60.7 Å². The molecule has 7 aromatic carbocycles. The number of hydrogen-bond acceptors (Lipinski definition) is 0. The molecule has 0 atom stereocenters. The molecule has 0 fully saturated rings. The van der Waals surface area contributed by atoms with Crippen molar-refractivity contribution in [1.82, 2.24) is 0 Å². The van der Waals surface area contributed by atoms with E-state index in [0.717, 1.165) is 0 Å². The van der Waals surface area contributed by atoms with Crippen LogP contribution in [0.2, 0.25) is 0 Å². The Balaban J connectivity index is 2.13. The summed E-state index contributed by atoms with van der Waals surface area (Å²) in [6, 6.07) is 23.0. The molecule has 0 aliphatic carbocycles. The van der Waals surface area contributed by atoms with Crippen molar-refractivity contribution in [3.8, 4) is 0 Å². The van der Waals surface area contributed by atoms with Gasteiger partial charge in [0.2, 0.25) is 0 Å². The average molecular weight is 274 g/mol. The fourth-order valence-electron chi connectivity index (χ4n) is 4.81. The summed E-state index contributed by atoms with van der Waals surface area (Å²) >= 11 is 0. The number of fused-ring (bicyclic) bond motifs is 1. The minimum atomic E-state index is 1.37. The number of rotatable bonds is 0. The molecule has 0 N–H and O–H groups in total. The van der Waals surface area contributed by atoms with Gasteiger partial charge in [-0.15, -0.1) is 0 Å². The van der Waals surface area contributed by atoms with E-state index in [-0.39, 0.29) is 0 Å². The van der Waals surface area contributed by atoms with Crippen molar-refractivity contribution in [2.75, 3.05) is 0 Å². The highest BCUT2D eigenvalue weighted by Crippen LogP contribution is 2.49. The summed E-state index contributed by atoms with van der Waals surface area (Å²) in [6.07, 6.45) is 0. The normalized spacial score (nSPS) is 13.5. The predicted molar refractivity (Wildman–Crippen MR) is 96.2 cm³/mol. The van der Waals surface area contributed by atoms with E-state index in [9.17, 15) is 0 Å². The maximum Gasteiger partial charge on any atom is -0.000204 e. The molecule has 0 bridgehead atoms. The lowest BCUT2D eigenvalue weighted by molar-refractivity contribution is 1.94. The average Bonchev–Trinajstić information content (AvgIpc) is 3.24. The molecule has 0 aliphatic rings. The zero-order valence-electron chi connectivity index (χ0n) is 11.8. The molecule has 22 heavy (non-hydrogen) atoms. The third-order valence-corrected chi connectivity index (χ3v) is 5.64. The summed E-state index contributed by atoms with van der Waals surface area (Å²) in [5.41, 5.74) is 0. The van der Waals surface area contributed by atoms with Gasteiger partial charge in [-0.3, -0.25) is 0 Å². The SMILES string of the molecule is c1cc2cc3ccc4ccc5c6ccc7cc1c2c(c76)c3c45. The third-order valence-electron chi connectivity index (χ3n) is 5.64. The Labute approximate surface area is 125 Å². The molecule has 0 nitrogen and oxygen atoms in total. The molecule has 0 amide bonds. The summed E-state index contributed by atoms with van der Waals surface area (Å²) in [7, 11) is 0. The highest BCUT2D eigenvalue weighted by atomic mass is 14.2. The van der Waals surface area contributed by atoms with E-state index in [1.165, 1.54) is 64.6 Å². The van der Waals surface area contributed by atoms with Gasteiger partial charge in [-0.05, 0) is 76.8 Å². The maximum absolute atomic E-state index is 2.36. The van der Waals surface area contributed by atoms with Crippen molar-refractivity contribution in [3.05, 3.63) is 60.7 Å². The molecule has 7 aromatic rings. The largest absolute Gasteiger partial charge is 0.0537 e. The first-order valence-corrected chi connectivity index (χ1v) is 7.80. The highest BCUT2D eigenvalue weighted by Gasteiger charge is 2.20. The van der Waals surface area contributed by atoms with Crippen molar-refractivity contribution < 1.29 is 0 Å². The van der Waals surface area contributed by atoms with Gasteiger partial charge < -0.3 is 0 Å². The van der Waals surface area contributed by atoms with Crippen LogP contribution in [-0.4, -0.2) is 0 Å². The molecule has 0 saturated carbocycles. The van der Waals surface area contributed by atoms with Crippen LogP contribution < -0.4 is 0 Å². The number of hydrogen-bond donors (Lipinski definition) is 0. The first kappa shape index (κ1) is 9.97. The molecular weight excluding hydrogens is 264 g/mol. The van der Waals surface area contributed by atoms with Crippen LogP contribution >= 0.6 is 0 Å². The Morgan fingerprint density at radius 2 is 0.773 bits per heavy atom. The molecule has 0 heteroatoms. The first-order valence-electron chi connectivity index (χ1n) is 7.80. The van der Waals surface area contributed by atoms with Gasteiger partial charge in [-0.1, -0.05) is 48.5 Å². The van der Waals surface area contributed by atoms with Crippen LogP contribution in [-0.2, 0) is 0 Å². The predicted octanol–water partition coefficient (Wildman–Crippen LogP) is 6.36. The molecule has 0 aromatic heterocycles. The van der Waals surface area contributed by atoms with E-state index in [2.05, 4.69) is 60.7 Å². The van der Waals surface area contributed by atoms with Crippen molar-refractivity contribution >= 4 is 64.6 Å². The Hall–Kier alpha value is -2.86. The van der Waals surface area contributed by atoms with Crippen molar-refractivity contribution in [2.24, 2.45) is 0 Å². The van der Waals surface area contributed by atoms with Crippen LogP contribution in [0.25, 0.3) is 64.6 Å². The molecule has 0 radical (unpaired) electrons. The van der Waals surface area contributed by atoms with Crippen LogP contribution in [0.3, 0.4) is 0 Å². The van der Waals surface area contributed by atoms with Gasteiger partial charge in [0.25, 0.3) is 0 Å². The Bertz CT molecular complexity index is 1450. The van der Waals surface area contributed by atoms with Gasteiger partial charge >= 0.3 is 0 Å². The summed E-state index contributed by atoms with van der Waals surface area (Å²) in [5, 5.41) is 17.0. The Morgan fingerprint density at radius 1 is 0.318 bits per heavy atom. The lowest BCUT2D eigenvalue weighted by atomic mass is 9.89. The molecule has 0 heterocycles. The monoisotopic (exact) mass is 274 g/mol. The molecule has 0 spiro atoms. The Morgan fingerprint density at radius 3 is 1.50 bits per heavy atom. The minimum absolute atomic E-state index is 1.37. The van der Waals surface area contributed by atoms with Crippen molar-refractivity contribution in [1.29, 1.82) is 0 Å². The van der Waals surface area contributed by atoms with Gasteiger partial charge in [0.1, 0.15) is 0 Å². The van der Waals surface area contributed by atoms with E-state index in [4.69, 9.17) is 0 Å². The van der Waals surface area contributed by atoms with Crippen LogP contribution in [0.5, 0.6) is 0 Å². The lowest BCUT2D eigenvalue weighted by Gasteiger charge is -2.13. The number of benzene rings is 4.